The lowest BCUT2D eigenvalue weighted by Gasteiger charge is -2.31. The van der Waals surface area contributed by atoms with Crippen molar-refractivity contribution in [3.8, 4) is 5.75 Å². The predicted octanol–water partition coefficient (Wildman–Crippen LogP) is 2.45. The number of aliphatic hydroxyl groups excluding tert-OH is 1. The van der Waals surface area contributed by atoms with Crippen LogP contribution in [0.25, 0.3) is 0 Å². The Bertz CT molecular complexity index is 417. The second kappa shape index (κ2) is 5.79. The zero-order valence-electron chi connectivity index (χ0n) is 10.3. The molecule has 0 atom stereocenters. The van der Waals surface area contributed by atoms with Crippen molar-refractivity contribution in [2.45, 2.75) is 31.9 Å². The monoisotopic (exact) mass is 275 g/mol. The van der Waals surface area contributed by atoms with Crippen LogP contribution in [-0.2, 0) is 6.54 Å². The van der Waals surface area contributed by atoms with E-state index < -0.39 is 6.36 Å². The average molecular weight is 275 g/mol. The molecular weight excluding hydrogens is 259 g/mol. The van der Waals surface area contributed by atoms with E-state index in [0.29, 0.717) is 12.5 Å². The molecule has 1 saturated carbocycles. The minimum absolute atomic E-state index is 0.185. The molecule has 0 unspecified atom stereocenters. The first-order valence-corrected chi connectivity index (χ1v) is 6.16. The maximum atomic E-state index is 12.1. The first kappa shape index (κ1) is 14.1. The second-order valence-electron chi connectivity index (χ2n) is 4.82. The number of aliphatic hydroxyl groups is 1. The van der Waals surface area contributed by atoms with Crippen LogP contribution < -0.4 is 10.1 Å². The smallest absolute Gasteiger partial charge is 0.406 e. The van der Waals surface area contributed by atoms with Gasteiger partial charge in [0.05, 0.1) is 6.10 Å². The summed E-state index contributed by atoms with van der Waals surface area (Å²) in [6, 6.07) is 5.92. The van der Waals surface area contributed by atoms with Crippen LogP contribution in [-0.4, -0.2) is 24.1 Å². The minimum Gasteiger partial charge on any atom is -0.406 e. The average Bonchev–Trinajstić information content (AvgIpc) is 2.24. The van der Waals surface area contributed by atoms with Gasteiger partial charge < -0.3 is 15.2 Å². The van der Waals surface area contributed by atoms with E-state index in [1.165, 1.54) is 18.2 Å². The zero-order valence-corrected chi connectivity index (χ0v) is 10.3. The number of benzene rings is 1. The van der Waals surface area contributed by atoms with Crippen molar-refractivity contribution < 1.29 is 23.0 Å². The highest BCUT2D eigenvalue weighted by Crippen LogP contribution is 2.26. The van der Waals surface area contributed by atoms with Crippen LogP contribution in [0.15, 0.2) is 24.3 Å². The minimum atomic E-state index is -4.66. The summed E-state index contributed by atoms with van der Waals surface area (Å²) in [5.74, 6) is 0.260. The molecule has 0 aliphatic heterocycles. The van der Waals surface area contributed by atoms with E-state index in [1.54, 1.807) is 6.07 Å². The SMILES string of the molecule is OC1CC(CNCc2cccc(OC(F)(F)F)c2)C1. The Hall–Kier alpha value is -1.27. The molecule has 0 saturated heterocycles. The molecule has 0 spiro atoms. The van der Waals surface area contributed by atoms with Crippen LogP contribution in [0.2, 0.25) is 0 Å². The summed E-state index contributed by atoms with van der Waals surface area (Å²) in [5.41, 5.74) is 0.738. The van der Waals surface area contributed by atoms with Gasteiger partial charge in [0.1, 0.15) is 5.75 Å². The molecule has 1 aromatic rings. The molecule has 0 radical (unpaired) electrons. The molecule has 0 amide bonds. The Labute approximate surface area is 109 Å². The molecule has 6 heteroatoms. The molecule has 3 nitrogen and oxygen atoms in total. The van der Waals surface area contributed by atoms with E-state index >= 15 is 0 Å². The summed E-state index contributed by atoms with van der Waals surface area (Å²) in [6.45, 7) is 1.25. The Morgan fingerprint density at radius 1 is 1.32 bits per heavy atom. The number of ether oxygens (including phenoxy) is 1. The first-order chi connectivity index (χ1) is 8.92. The Balaban J connectivity index is 1.78. The number of hydrogen-bond donors (Lipinski definition) is 2. The quantitative estimate of drug-likeness (QED) is 0.867. The molecular formula is C13H16F3NO2. The van der Waals surface area contributed by atoms with Gasteiger partial charge in [-0.2, -0.15) is 0 Å². The molecule has 0 bridgehead atoms. The van der Waals surface area contributed by atoms with Crippen LogP contribution in [0.4, 0.5) is 13.2 Å². The van der Waals surface area contributed by atoms with E-state index in [2.05, 4.69) is 10.1 Å². The van der Waals surface area contributed by atoms with Crippen molar-refractivity contribution >= 4 is 0 Å². The lowest BCUT2D eigenvalue weighted by Crippen LogP contribution is -2.35. The van der Waals surface area contributed by atoms with Crippen LogP contribution in [0.5, 0.6) is 5.75 Å². The number of rotatable bonds is 5. The molecule has 2 N–H and O–H groups in total. The Morgan fingerprint density at radius 2 is 2.05 bits per heavy atom. The summed E-state index contributed by atoms with van der Waals surface area (Å²) in [7, 11) is 0. The fraction of sp³-hybridized carbons (Fsp3) is 0.538. The van der Waals surface area contributed by atoms with Crippen molar-refractivity contribution in [1.29, 1.82) is 0 Å². The maximum Gasteiger partial charge on any atom is 0.573 e. The third-order valence-corrected chi connectivity index (χ3v) is 3.10. The number of halogens is 3. The highest BCUT2D eigenvalue weighted by molar-refractivity contribution is 5.28. The topological polar surface area (TPSA) is 41.5 Å². The summed E-state index contributed by atoms with van der Waals surface area (Å²) >= 11 is 0. The van der Waals surface area contributed by atoms with Gasteiger partial charge in [0, 0.05) is 6.54 Å². The van der Waals surface area contributed by atoms with E-state index in [-0.39, 0.29) is 11.9 Å². The largest absolute Gasteiger partial charge is 0.573 e. The Morgan fingerprint density at radius 3 is 2.68 bits per heavy atom. The van der Waals surface area contributed by atoms with Gasteiger partial charge in [0.15, 0.2) is 0 Å². The maximum absolute atomic E-state index is 12.1. The van der Waals surface area contributed by atoms with Gasteiger partial charge in [-0.25, -0.2) is 0 Å². The normalized spacial score (nSPS) is 22.9. The summed E-state index contributed by atoms with van der Waals surface area (Å²) in [5, 5.41) is 12.3. The highest BCUT2D eigenvalue weighted by Gasteiger charge is 2.31. The fourth-order valence-corrected chi connectivity index (χ4v) is 2.14. The molecule has 1 aliphatic rings. The lowest BCUT2D eigenvalue weighted by atomic mass is 9.82. The molecule has 0 aromatic heterocycles. The second-order valence-corrected chi connectivity index (χ2v) is 4.82. The van der Waals surface area contributed by atoms with E-state index in [9.17, 15) is 13.2 Å². The zero-order chi connectivity index (χ0) is 13.9. The van der Waals surface area contributed by atoms with Crippen molar-refractivity contribution in [2.75, 3.05) is 6.54 Å². The van der Waals surface area contributed by atoms with Crippen molar-refractivity contribution in [2.24, 2.45) is 5.92 Å². The Kier molecular flexibility index (Phi) is 4.31. The number of hydrogen-bond acceptors (Lipinski definition) is 3. The molecule has 19 heavy (non-hydrogen) atoms. The third kappa shape index (κ3) is 4.72. The van der Waals surface area contributed by atoms with Gasteiger partial charge in [-0.3, -0.25) is 0 Å². The standard InChI is InChI=1S/C13H16F3NO2/c14-13(15,16)19-12-3-1-2-9(6-12)7-17-8-10-4-11(18)5-10/h1-3,6,10-11,17-18H,4-5,7-8H2. The predicted molar refractivity (Wildman–Crippen MR) is 63.6 cm³/mol. The van der Waals surface area contributed by atoms with Crippen LogP contribution in [0.1, 0.15) is 18.4 Å². The lowest BCUT2D eigenvalue weighted by molar-refractivity contribution is -0.274. The summed E-state index contributed by atoms with van der Waals surface area (Å²) in [6.07, 6.45) is -3.25. The summed E-state index contributed by atoms with van der Waals surface area (Å²) in [4.78, 5) is 0. The molecule has 1 aromatic carbocycles. The number of nitrogens with one attached hydrogen (secondary N) is 1. The van der Waals surface area contributed by atoms with E-state index in [0.717, 1.165) is 24.9 Å². The highest BCUT2D eigenvalue weighted by atomic mass is 19.4. The molecule has 2 rings (SSSR count). The molecule has 0 heterocycles. The van der Waals surface area contributed by atoms with Gasteiger partial charge in [0.25, 0.3) is 0 Å². The van der Waals surface area contributed by atoms with Crippen molar-refractivity contribution in [3.05, 3.63) is 29.8 Å². The summed E-state index contributed by atoms with van der Waals surface area (Å²) < 4.78 is 40.0. The van der Waals surface area contributed by atoms with Crippen molar-refractivity contribution in [3.63, 3.8) is 0 Å². The third-order valence-electron chi connectivity index (χ3n) is 3.10. The van der Waals surface area contributed by atoms with Crippen molar-refractivity contribution in [1.82, 2.24) is 5.32 Å². The molecule has 1 fully saturated rings. The molecule has 1 aliphatic carbocycles. The van der Waals surface area contributed by atoms with Crippen LogP contribution >= 0.6 is 0 Å². The van der Waals surface area contributed by atoms with Crippen LogP contribution in [0.3, 0.4) is 0 Å². The van der Waals surface area contributed by atoms with Gasteiger partial charge in [0.2, 0.25) is 0 Å². The molecule has 106 valence electrons. The fourth-order valence-electron chi connectivity index (χ4n) is 2.14. The van der Waals surface area contributed by atoms with Crippen LogP contribution in [0, 0.1) is 5.92 Å². The number of alkyl halides is 3. The van der Waals surface area contributed by atoms with Gasteiger partial charge in [-0.1, -0.05) is 12.1 Å². The van der Waals surface area contributed by atoms with Gasteiger partial charge in [-0.05, 0) is 43.0 Å². The van der Waals surface area contributed by atoms with E-state index in [1.807, 2.05) is 0 Å². The van der Waals surface area contributed by atoms with Gasteiger partial charge in [-0.15, -0.1) is 13.2 Å². The first-order valence-electron chi connectivity index (χ1n) is 6.16. The van der Waals surface area contributed by atoms with E-state index in [4.69, 9.17) is 5.11 Å². The van der Waals surface area contributed by atoms with Gasteiger partial charge >= 0.3 is 6.36 Å².